The van der Waals surface area contributed by atoms with Crippen molar-refractivity contribution >= 4 is 0 Å². The van der Waals surface area contributed by atoms with Gasteiger partial charge in [0.15, 0.2) is 0 Å². The SMILES string of the molecule is NC12CC(C1)C2n1ccc(OCCOCC(F)(F)F)n1. The Kier molecular flexibility index (Phi) is 3.17. The molecular weight excluding hydrogens is 275 g/mol. The molecule has 1 aromatic rings. The van der Waals surface area contributed by atoms with Gasteiger partial charge in [0.05, 0.1) is 12.6 Å². The molecule has 3 aliphatic carbocycles. The lowest BCUT2D eigenvalue weighted by molar-refractivity contribution is -0.175. The first-order chi connectivity index (χ1) is 9.37. The molecular formula is C12H16F3N3O2. The van der Waals surface area contributed by atoms with Crippen molar-refractivity contribution in [1.82, 2.24) is 9.78 Å². The number of nitrogens with two attached hydrogens (primary N) is 1. The van der Waals surface area contributed by atoms with E-state index in [1.165, 1.54) is 0 Å². The van der Waals surface area contributed by atoms with Gasteiger partial charge in [-0.15, -0.1) is 5.10 Å². The van der Waals surface area contributed by atoms with Crippen molar-refractivity contribution in [2.24, 2.45) is 11.7 Å². The van der Waals surface area contributed by atoms with E-state index in [0.717, 1.165) is 12.8 Å². The van der Waals surface area contributed by atoms with Crippen LogP contribution in [0.25, 0.3) is 0 Å². The Balaban J connectivity index is 1.40. The smallest absolute Gasteiger partial charge is 0.411 e. The van der Waals surface area contributed by atoms with E-state index in [4.69, 9.17) is 10.5 Å². The Morgan fingerprint density at radius 3 is 2.70 bits per heavy atom. The fourth-order valence-electron chi connectivity index (χ4n) is 2.95. The molecule has 1 atom stereocenters. The molecule has 5 nitrogen and oxygen atoms in total. The molecule has 1 aromatic heterocycles. The Morgan fingerprint density at radius 1 is 1.40 bits per heavy atom. The lowest BCUT2D eigenvalue weighted by Crippen LogP contribution is -2.72. The molecule has 2 N–H and O–H groups in total. The quantitative estimate of drug-likeness (QED) is 0.807. The third-order valence-corrected chi connectivity index (χ3v) is 3.93. The highest BCUT2D eigenvalue weighted by Gasteiger charge is 2.64. The maximum Gasteiger partial charge on any atom is 0.411 e. The second-order valence-electron chi connectivity index (χ2n) is 5.50. The number of hydrogen-bond donors (Lipinski definition) is 1. The van der Waals surface area contributed by atoms with Gasteiger partial charge in [-0.1, -0.05) is 0 Å². The van der Waals surface area contributed by atoms with Crippen LogP contribution < -0.4 is 10.5 Å². The van der Waals surface area contributed by atoms with Crippen LogP contribution in [0.1, 0.15) is 18.9 Å². The molecule has 3 saturated carbocycles. The maximum atomic E-state index is 11.8. The third-order valence-electron chi connectivity index (χ3n) is 3.93. The topological polar surface area (TPSA) is 62.3 Å². The van der Waals surface area contributed by atoms with Crippen LogP contribution in [0.2, 0.25) is 0 Å². The van der Waals surface area contributed by atoms with Crippen molar-refractivity contribution in [3.8, 4) is 5.88 Å². The third kappa shape index (κ3) is 2.49. The van der Waals surface area contributed by atoms with Gasteiger partial charge in [0.1, 0.15) is 13.2 Å². The number of aromatic nitrogens is 2. The van der Waals surface area contributed by atoms with Crippen LogP contribution in [0, 0.1) is 5.92 Å². The Labute approximate surface area is 113 Å². The first-order valence-electron chi connectivity index (χ1n) is 6.49. The average molecular weight is 291 g/mol. The van der Waals surface area contributed by atoms with Gasteiger partial charge in [-0.3, -0.25) is 4.68 Å². The average Bonchev–Trinajstić information content (AvgIpc) is 2.71. The second kappa shape index (κ2) is 4.63. The number of alkyl halides is 3. The van der Waals surface area contributed by atoms with Gasteiger partial charge in [-0.05, 0) is 18.8 Å². The maximum absolute atomic E-state index is 11.8. The molecule has 0 saturated heterocycles. The van der Waals surface area contributed by atoms with Gasteiger partial charge in [0.2, 0.25) is 5.88 Å². The highest BCUT2D eigenvalue weighted by molar-refractivity contribution is 5.22. The summed E-state index contributed by atoms with van der Waals surface area (Å²) in [5.74, 6) is 0.985. The number of nitrogens with zero attached hydrogens (tertiary/aromatic N) is 2. The molecule has 0 aliphatic heterocycles. The normalized spacial score (nSPS) is 31.6. The number of ether oxygens (including phenoxy) is 2. The van der Waals surface area contributed by atoms with Gasteiger partial charge in [-0.25, -0.2) is 0 Å². The van der Waals surface area contributed by atoms with E-state index in [9.17, 15) is 13.2 Å². The summed E-state index contributed by atoms with van der Waals surface area (Å²) in [5, 5.41) is 4.24. The molecule has 3 aliphatic rings. The van der Waals surface area contributed by atoms with E-state index >= 15 is 0 Å². The molecule has 0 aromatic carbocycles. The van der Waals surface area contributed by atoms with Crippen molar-refractivity contribution < 1.29 is 22.6 Å². The van der Waals surface area contributed by atoms with Crippen LogP contribution >= 0.6 is 0 Å². The minimum atomic E-state index is -4.30. The number of halogens is 3. The highest BCUT2D eigenvalue weighted by atomic mass is 19.4. The molecule has 0 spiro atoms. The van der Waals surface area contributed by atoms with Gasteiger partial charge in [-0.2, -0.15) is 13.2 Å². The van der Waals surface area contributed by atoms with Crippen molar-refractivity contribution in [3.63, 3.8) is 0 Å². The molecule has 20 heavy (non-hydrogen) atoms. The van der Waals surface area contributed by atoms with Gasteiger partial charge >= 0.3 is 6.18 Å². The van der Waals surface area contributed by atoms with Crippen LogP contribution in [0.5, 0.6) is 5.88 Å². The van der Waals surface area contributed by atoms with E-state index in [1.54, 1.807) is 16.9 Å². The summed E-state index contributed by atoms with van der Waals surface area (Å²) >= 11 is 0. The van der Waals surface area contributed by atoms with Crippen LogP contribution in [0.4, 0.5) is 13.2 Å². The van der Waals surface area contributed by atoms with Crippen molar-refractivity contribution in [1.29, 1.82) is 0 Å². The van der Waals surface area contributed by atoms with Gasteiger partial charge < -0.3 is 15.2 Å². The summed E-state index contributed by atoms with van der Waals surface area (Å²) in [5.41, 5.74) is 6.00. The summed E-state index contributed by atoms with van der Waals surface area (Å²) in [6, 6.07) is 1.92. The number of hydrogen-bond acceptors (Lipinski definition) is 4. The molecule has 4 rings (SSSR count). The molecule has 2 bridgehead atoms. The fraction of sp³-hybridized carbons (Fsp3) is 0.750. The summed E-state index contributed by atoms with van der Waals surface area (Å²) in [7, 11) is 0. The molecule has 1 heterocycles. The van der Waals surface area contributed by atoms with E-state index < -0.39 is 12.8 Å². The summed E-state index contributed by atoms with van der Waals surface area (Å²) < 4.78 is 47.0. The Morgan fingerprint density at radius 2 is 2.15 bits per heavy atom. The lowest BCUT2D eigenvalue weighted by Gasteiger charge is -2.65. The summed E-state index contributed by atoms with van der Waals surface area (Å²) in [4.78, 5) is 0. The van der Waals surface area contributed by atoms with Crippen LogP contribution in [-0.2, 0) is 4.74 Å². The zero-order chi connectivity index (χ0) is 14.4. The molecule has 8 heteroatoms. The van der Waals surface area contributed by atoms with Crippen molar-refractivity contribution in [2.75, 3.05) is 19.8 Å². The number of rotatable bonds is 6. The minimum absolute atomic E-state index is 0.0367. The van der Waals surface area contributed by atoms with Crippen LogP contribution in [-0.4, -0.2) is 41.3 Å². The second-order valence-corrected chi connectivity index (χ2v) is 5.50. The first-order valence-corrected chi connectivity index (χ1v) is 6.49. The van der Waals surface area contributed by atoms with E-state index in [0.29, 0.717) is 11.8 Å². The van der Waals surface area contributed by atoms with E-state index in [-0.39, 0.29) is 24.8 Å². The monoisotopic (exact) mass is 291 g/mol. The Hall–Kier alpha value is -1.28. The van der Waals surface area contributed by atoms with Crippen molar-refractivity contribution in [3.05, 3.63) is 12.3 Å². The minimum Gasteiger partial charge on any atom is -0.474 e. The fourth-order valence-corrected chi connectivity index (χ4v) is 2.95. The first kappa shape index (κ1) is 13.7. The molecule has 112 valence electrons. The van der Waals surface area contributed by atoms with Gasteiger partial charge in [0, 0.05) is 17.8 Å². The molecule has 3 fully saturated rings. The summed E-state index contributed by atoms with van der Waals surface area (Å²) in [6.45, 7) is -1.35. The molecule has 0 radical (unpaired) electrons. The molecule has 0 amide bonds. The van der Waals surface area contributed by atoms with Crippen LogP contribution in [0.3, 0.4) is 0 Å². The Bertz CT molecular complexity index is 483. The zero-order valence-electron chi connectivity index (χ0n) is 10.8. The highest BCUT2D eigenvalue weighted by Crippen LogP contribution is 2.62. The predicted molar refractivity (Wildman–Crippen MR) is 63.3 cm³/mol. The van der Waals surface area contributed by atoms with E-state index in [2.05, 4.69) is 9.84 Å². The van der Waals surface area contributed by atoms with E-state index in [1.807, 2.05) is 0 Å². The van der Waals surface area contributed by atoms with Crippen molar-refractivity contribution in [2.45, 2.75) is 30.6 Å². The largest absolute Gasteiger partial charge is 0.474 e. The van der Waals surface area contributed by atoms with Gasteiger partial charge in [0.25, 0.3) is 0 Å². The summed E-state index contributed by atoms with van der Waals surface area (Å²) in [6.07, 6.45) is -0.427. The standard InChI is InChI=1S/C12H16F3N3O2/c13-12(14,15)7-19-3-4-20-9-1-2-18(17-9)10-8-5-11(10,16)6-8/h1-2,8,10H,3-7,16H2. The van der Waals surface area contributed by atoms with Crippen LogP contribution in [0.15, 0.2) is 12.3 Å². The lowest BCUT2D eigenvalue weighted by atomic mass is 9.46. The zero-order valence-corrected chi connectivity index (χ0v) is 10.8. The molecule has 1 unspecified atom stereocenters. The predicted octanol–water partition coefficient (Wildman–Crippen LogP) is 1.50.